The first-order valence-corrected chi connectivity index (χ1v) is 25.0. The molecule has 0 aromatic heterocycles. The predicted molar refractivity (Wildman–Crippen MR) is 295 cm³/mol. The average molecular weight is 887 g/mol. The van der Waals surface area contributed by atoms with Gasteiger partial charge in [0.2, 0.25) is 0 Å². The zero-order valence-electron chi connectivity index (χ0n) is 41.4. The number of hydrogen-bond donors (Lipinski definition) is 0. The van der Waals surface area contributed by atoms with Gasteiger partial charge in [0.15, 0.2) is 0 Å². The molecule has 10 aromatic carbocycles. The van der Waals surface area contributed by atoms with E-state index in [0.717, 1.165) is 0 Å². The van der Waals surface area contributed by atoms with Gasteiger partial charge in [0.1, 0.15) is 0 Å². The lowest BCUT2D eigenvalue weighted by Crippen LogP contribution is -2.16. The van der Waals surface area contributed by atoms with Crippen LogP contribution in [0.4, 0.5) is 0 Å². The monoisotopic (exact) mass is 886 g/mol. The Balaban J connectivity index is 0.785. The van der Waals surface area contributed by atoms with E-state index in [1.807, 2.05) is 0 Å². The average Bonchev–Trinajstić information content (AvgIpc) is 3.83. The third kappa shape index (κ3) is 6.27. The molecule has 0 unspecified atom stereocenters. The van der Waals surface area contributed by atoms with Crippen molar-refractivity contribution in [2.45, 2.75) is 84.0 Å². The summed E-state index contributed by atoms with van der Waals surface area (Å²) in [5.41, 5.74) is 27.8. The molecule has 0 heteroatoms. The van der Waals surface area contributed by atoms with E-state index in [9.17, 15) is 0 Å². The van der Waals surface area contributed by atoms with Gasteiger partial charge in [-0.05, 0) is 192 Å². The lowest BCUT2D eigenvalue weighted by atomic mass is 9.79. The van der Waals surface area contributed by atoms with E-state index in [-0.39, 0.29) is 21.7 Å². The van der Waals surface area contributed by atoms with Crippen molar-refractivity contribution in [3.8, 4) is 77.9 Å². The van der Waals surface area contributed by atoms with Crippen molar-refractivity contribution in [3.63, 3.8) is 0 Å². The molecule has 0 fully saturated rings. The number of benzene rings is 10. The Morgan fingerprint density at radius 1 is 0.246 bits per heavy atom. The number of fused-ring (bicyclic) bond motifs is 11. The minimum Gasteiger partial charge on any atom is -0.0616 e. The van der Waals surface area contributed by atoms with E-state index in [1.54, 1.807) is 0 Å². The molecule has 0 radical (unpaired) electrons. The van der Waals surface area contributed by atoms with Crippen LogP contribution >= 0.6 is 0 Å². The van der Waals surface area contributed by atoms with Crippen LogP contribution in [0.25, 0.3) is 99.4 Å². The summed E-state index contributed by atoms with van der Waals surface area (Å²) in [6.07, 6.45) is 0. The highest BCUT2D eigenvalue weighted by molar-refractivity contribution is 5.93. The highest BCUT2D eigenvalue weighted by Gasteiger charge is 2.39. The first-order chi connectivity index (χ1) is 33.0. The molecule has 0 spiro atoms. The molecule has 334 valence electrons. The maximum Gasteiger partial charge on any atom is 0.0159 e. The van der Waals surface area contributed by atoms with Gasteiger partial charge >= 0.3 is 0 Å². The summed E-state index contributed by atoms with van der Waals surface area (Å²) in [4.78, 5) is 0. The van der Waals surface area contributed by atoms with Crippen molar-refractivity contribution in [2.75, 3.05) is 0 Å². The van der Waals surface area contributed by atoms with Crippen molar-refractivity contribution in [1.29, 1.82) is 0 Å². The molecule has 0 heterocycles. The van der Waals surface area contributed by atoms with E-state index < -0.39 is 0 Å². The van der Waals surface area contributed by atoms with Crippen molar-refractivity contribution in [3.05, 3.63) is 227 Å². The molecule has 0 atom stereocenters. The second-order valence-corrected chi connectivity index (χ2v) is 23.0. The molecule has 0 aliphatic heterocycles. The molecular weight excluding hydrogens is 829 g/mol. The Morgan fingerprint density at radius 2 is 0.493 bits per heavy atom. The third-order valence-corrected chi connectivity index (χ3v) is 16.8. The largest absolute Gasteiger partial charge is 0.0616 e. The Hall–Kier alpha value is -7.28. The second-order valence-electron chi connectivity index (χ2n) is 23.0. The molecule has 10 aromatic rings. The van der Waals surface area contributed by atoms with Gasteiger partial charge in [0, 0.05) is 16.2 Å². The van der Waals surface area contributed by atoms with Crippen LogP contribution in [0.1, 0.15) is 101 Å². The van der Waals surface area contributed by atoms with Crippen LogP contribution < -0.4 is 0 Å². The molecule has 3 aliphatic rings. The summed E-state index contributed by atoms with van der Waals surface area (Å²) in [6.45, 7) is 21.3. The van der Waals surface area contributed by atoms with Crippen molar-refractivity contribution >= 4 is 21.5 Å². The van der Waals surface area contributed by atoms with Gasteiger partial charge in [-0.3, -0.25) is 0 Å². The molecule has 0 bridgehead atoms. The Labute approximate surface area is 408 Å². The topological polar surface area (TPSA) is 0 Å². The van der Waals surface area contributed by atoms with Crippen LogP contribution in [0.2, 0.25) is 0 Å². The summed E-state index contributed by atoms with van der Waals surface area (Å²) >= 11 is 0. The normalized spacial score (nSPS) is 15.4. The van der Waals surface area contributed by atoms with E-state index in [4.69, 9.17) is 0 Å². The standard InChI is InChI=1S/C69H58/c1-66(2,3)53-25-18-45-33-44(16-17-46(45)34-53)48-20-27-55-57-29-22-50(38-63(57)68(6,7)61(55)36-48)52-24-31-59-58-30-23-51(39-64(58)69(8,9)65(59)40-52)49-21-28-56-54-26-19-47(35-60(54)67(4,5)62(56)37-49)43-15-14-41-12-10-11-13-42(41)32-43/h10-40H,1-9H3. The molecule has 0 N–H and O–H groups in total. The van der Waals surface area contributed by atoms with E-state index in [2.05, 4.69) is 250 Å². The third-order valence-electron chi connectivity index (χ3n) is 16.8. The summed E-state index contributed by atoms with van der Waals surface area (Å²) in [6, 6.07) is 72.4. The maximum atomic E-state index is 2.48. The highest BCUT2D eigenvalue weighted by Crippen LogP contribution is 2.55. The molecule has 0 saturated heterocycles. The molecule has 0 saturated carbocycles. The smallest absolute Gasteiger partial charge is 0.0159 e. The first kappa shape index (κ1) is 41.9. The lowest BCUT2D eigenvalue weighted by Gasteiger charge is -2.24. The molecule has 13 rings (SSSR count). The van der Waals surface area contributed by atoms with E-state index >= 15 is 0 Å². The van der Waals surface area contributed by atoms with E-state index in [0.29, 0.717) is 0 Å². The Morgan fingerprint density at radius 3 is 0.826 bits per heavy atom. The fraction of sp³-hybridized carbons (Fsp3) is 0.188. The zero-order chi connectivity index (χ0) is 47.4. The van der Waals surface area contributed by atoms with Gasteiger partial charge in [-0.15, -0.1) is 0 Å². The van der Waals surface area contributed by atoms with Gasteiger partial charge < -0.3 is 0 Å². The molecular formula is C69H58. The van der Waals surface area contributed by atoms with E-state index in [1.165, 1.54) is 138 Å². The van der Waals surface area contributed by atoms with Crippen LogP contribution in [-0.4, -0.2) is 0 Å². The van der Waals surface area contributed by atoms with Crippen molar-refractivity contribution in [1.82, 2.24) is 0 Å². The molecule has 3 aliphatic carbocycles. The minimum absolute atomic E-state index is 0.121. The lowest BCUT2D eigenvalue weighted by molar-refractivity contribution is 0.591. The van der Waals surface area contributed by atoms with Gasteiger partial charge in [-0.2, -0.15) is 0 Å². The minimum atomic E-state index is -0.150. The van der Waals surface area contributed by atoms with Crippen LogP contribution in [0.5, 0.6) is 0 Å². The van der Waals surface area contributed by atoms with Gasteiger partial charge in [0.25, 0.3) is 0 Å². The highest BCUT2D eigenvalue weighted by atomic mass is 14.4. The molecule has 69 heavy (non-hydrogen) atoms. The summed E-state index contributed by atoms with van der Waals surface area (Å²) in [7, 11) is 0. The summed E-state index contributed by atoms with van der Waals surface area (Å²) in [5, 5.41) is 5.14. The Kier molecular flexibility index (Phi) is 8.73. The Bertz CT molecular complexity index is 3840. The molecule has 0 nitrogen and oxygen atoms in total. The van der Waals surface area contributed by atoms with Crippen molar-refractivity contribution < 1.29 is 0 Å². The zero-order valence-corrected chi connectivity index (χ0v) is 41.4. The second kappa shape index (κ2) is 14.4. The first-order valence-electron chi connectivity index (χ1n) is 25.0. The van der Waals surface area contributed by atoms with Crippen molar-refractivity contribution in [2.24, 2.45) is 0 Å². The SMILES string of the molecule is CC(C)(C)c1ccc2cc(-c3ccc4c(c3)C(C)(C)c3cc(-c5ccc6c(c5)C(C)(C)c5cc(-c7ccc8c(c7)C(C)(C)c7cc(-c9ccc%10ccccc%10c9)ccc7-8)ccc5-6)ccc3-4)ccc2c1. The summed E-state index contributed by atoms with van der Waals surface area (Å²) in [5.74, 6) is 0. The maximum absolute atomic E-state index is 2.48. The van der Waals surface area contributed by atoms with Crippen LogP contribution in [-0.2, 0) is 21.7 Å². The van der Waals surface area contributed by atoms with Crippen LogP contribution in [0.3, 0.4) is 0 Å². The van der Waals surface area contributed by atoms with Crippen LogP contribution in [0.15, 0.2) is 188 Å². The van der Waals surface area contributed by atoms with Gasteiger partial charge in [-0.1, -0.05) is 202 Å². The fourth-order valence-corrected chi connectivity index (χ4v) is 12.6. The number of hydrogen-bond acceptors (Lipinski definition) is 0. The molecule has 0 amide bonds. The summed E-state index contributed by atoms with van der Waals surface area (Å²) < 4.78 is 0. The fourth-order valence-electron chi connectivity index (χ4n) is 12.6. The predicted octanol–water partition coefficient (Wildman–Crippen LogP) is 18.9. The van der Waals surface area contributed by atoms with Gasteiger partial charge in [-0.25, -0.2) is 0 Å². The quantitative estimate of drug-likeness (QED) is 0.165. The number of rotatable bonds is 4. The van der Waals surface area contributed by atoms with Crippen LogP contribution in [0, 0.1) is 0 Å². The van der Waals surface area contributed by atoms with Gasteiger partial charge in [0.05, 0.1) is 0 Å².